The molecule has 0 saturated carbocycles. The van der Waals surface area contributed by atoms with Crippen LogP contribution >= 0.6 is 0 Å². The third-order valence-corrected chi connectivity index (χ3v) is 1.45. The average molecular weight is 176 g/mol. The molecule has 0 amide bonds. The summed E-state index contributed by atoms with van der Waals surface area (Å²) in [5, 5.41) is 0. The normalized spacial score (nSPS) is 21.2. The summed E-state index contributed by atoms with van der Waals surface area (Å²) in [6, 6.07) is 0. The van der Waals surface area contributed by atoms with Crippen molar-refractivity contribution in [3.8, 4) is 0 Å². The number of hydrogen-bond donors (Lipinski definition) is 0. The standard InChI is InChI=1S/C8H16O4/c1-2-9-3-4-10-7-11-5-8-6-12-8/h8H,2-7H2,1H3. The minimum atomic E-state index is 0.320. The molecule has 0 aromatic carbocycles. The lowest BCUT2D eigenvalue weighted by atomic mass is 10.5. The van der Waals surface area contributed by atoms with Gasteiger partial charge in [0, 0.05) is 6.61 Å². The van der Waals surface area contributed by atoms with Gasteiger partial charge in [0.25, 0.3) is 0 Å². The van der Waals surface area contributed by atoms with Crippen LogP contribution in [0.4, 0.5) is 0 Å². The molecule has 12 heavy (non-hydrogen) atoms. The lowest BCUT2D eigenvalue weighted by Crippen LogP contribution is -2.09. The van der Waals surface area contributed by atoms with E-state index in [1.165, 1.54) is 0 Å². The fraction of sp³-hybridized carbons (Fsp3) is 1.00. The molecule has 4 nitrogen and oxygen atoms in total. The second-order valence-electron chi connectivity index (χ2n) is 2.55. The van der Waals surface area contributed by atoms with E-state index in [1.807, 2.05) is 6.92 Å². The van der Waals surface area contributed by atoms with Gasteiger partial charge in [-0.05, 0) is 6.92 Å². The molecule has 0 aromatic heterocycles. The Bertz CT molecular complexity index is 103. The van der Waals surface area contributed by atoms with E-state index in [1.54, 1.807) is 0 Å². The van der Waals surface area contributed by atoms with Crippen LogP contribution in [0.5, 0.6) is 0 Å². The summed E-state index contributed by atoms with van der Waals surface area (Å²) in [7, 11) is 0. The molecular weight excluding hydrogens is 160 g/mol. The van der Waals surface area contributed by atoms with Gasteiger partial charge in [0.2, 0.25) is 0 Å². The Balaban J connectivity index is 1.65. The molecule has 0 radical (unpaired) electrons. The van der Waals surface area contributed by atoms with E-state index in [9.17, 15) is 0 Å². The smallest absolute Gasteiger partial charge is 0.146 e. The van der Waals surface area contributed by atoms with Crippen molar-refractivity contribution in [3.05, 3.63) is 0 Å². The Labute approximate surface area is 72.7 Å². The van der Waals surface area contributed by atoms with E-state index >= 15 is 0 Å². The zero-order valence-corrected chi connectivity index (χ0v) is 7.45. The largest absolute Gasteiger partial charge is 0.379 e. The maximum absolute atomic E-state index is 5.13. The van der Waals surface area contributed by atoms with E-state index in [-0.39, 0.29) is 0 Å². The Morgan fingerprint density at radius 1 is 1.25 bits per heavy atom. The summed E-state index contributed by atoms with van der Waals surface area (Å²) in [6.45, 7) is 5.75. The zero-order valence-electron chi connectivity index (χ0n) is 7.45. The van der Waals surface area contributed by atoms with Crippen LogP contribution in [0.15, 0.2) is 0 Å². The summed E-state index contributed by atoms with van der Waals surface area (Å²) in [6.07, 6.45) is 0.320. The molecule has 1 atom stereocenters. The highest BCUT2D eigenvalue weighted by Crippen LogP contribution is 2.07. The molecule has 0 N–H and O–H groups in total. The highest BCUT2D eigenvalue weighted by molar-refractivity contribution is 4.66. The molecule has 4 heteroatoms. The summed E-state index contributed by atoms with van der Waals surface area (Å²) in [5.74, 6) is 0. The quantitative estimate of drug-likeness (QED) is 0.305. The predicted octanol–water partition coefficient (Wildman–Crippen LogP) is 0.412. The maximum Gasteiger partial charge on any atom is 0.146 e. The molecule has 0 bridgehead atoms. The van der Waals surface area contributed by atoms with Crippen molar-refractivity contribution < 1.29 is 18.9 Å². The molecule has 72 valence electrons. The van der Waals surface area contributed by atoms with Gasteiger partial charge in [0.15, 0.2) is 0 Å². The first-order valence-electron chi connectivity index (χ1n) is 4.28. The van der Waals surface area contributed by atoms with Crippen molar-refractivity contribution in [2.24, 2.45) is 0 Å². The molecule has 0 aromatic rings. The number of hydrogen-bond acceptors (Lipinski definition) is 4. The van der Waals surface area contributed by atoms with Gasteiger partial charge in [-0.15, -0.1) is 0 Å². The SMILES string of the molecule is CCOCCOCOCC1CO1. The minimum absolute atomic E-state index is 0.320. The predicted molar refractivity (Wildman–Crippen MR) is 43.0 cm³/mol. The van der Waals surface area contributed by atoms with Crippen LogP contribution in [-0.2, 0) is 18.9 Å². The lowest BCUT2D eigenvalue weighted by Gasteiger charge is -2.03. The van der Waals surface area contributed by atoms with Crippen molar-refractivity contribution in [2.75, 3.05) is 39.8 Å². The van der Waals surface area contributed by atoms with Crippen LogP contribution in [0.1, 0.15) is 6.92 Å². The zero-order chi connectivity index (χ0) is 8.65. The van der Waals surface area contributed by atoms with E-state index in [0.717, 1.165) is 13.2 Å². The Morgan fingerprint density at radius 2 is 2.00 bits per heavy atom. The second kappa shape index (κ2) is 6.37. The Morgan fingerprint density at radius 3 is 2.67 bits per heavy atom. The number of rotatable bonds is 8. The van der Waals surface area contributed by atoms with Crippen LogP contribution in [-0.4, -0.2) is 45.9 Å². The molecule has 1 heterocycles. The summed E-state index contributed by atoms with van der Waals surface area (Å²) in [4.78, 5) is 0. The van der Waals surface area contributed by atoms with Gasteiger partial charge >= 0.3 is 0 Å². The van der Waals surface area contributed by atoms with Gasteiger partial charge in [-0.1, -0.05) is 0 Å². The molecule has 0 spiro atoms. The molecule has 1 unspecified atom stereocenters. The van der Waals surface area contributed by atoms with E-state index < -0.39 is 0 Å². The maximum atomic E-state index is 5.13. The van der Waals surface area contributed by atoms with Crippen molar-refractivity contribution >= 4 is 0 Å². The Kier molecular flexibility index (Phi) is 5.27. The molecule has 1 fully saturated rings. The molecule has 1 aliphatic rings. The third-order valence-electron chi connectivity index (χ3n) is 1.45. The van der Waals surface area contributed by atoms with Crippen molar-refractivity contribution in [3.63, 3.8) is 0 Å². The van der Waals surface area contributed by atoms with Gasteiger partial charge in [-0.3, -0.25) is 0 Å². The first-order chi connectivity index (χ1) is 5.93. The van der Waals surface area contributed by atoms with Gasteiger partial charge in [0.1, 0.15) is 12.9 Å². The summed E-state index contributed by atoms with van der Waals surface area (Å²) < 4.78 is 20.3. The summed E-state index contributed by atoms with van der Waals surface area (Å²) >= 11 is 0. The lowest BCUT2D eigenvalue weighted by molar-refractivity contribution is -0.0715. The second-order valence-corrected chi connectivity index (χ2v) is 2.55. The van der Waals surface area contributed by atoms with Crippen molar-refractivity contribution in [1.29, 1.82) is 0 Å². The highest BCUT2D eigenvalue weighted by atomic mass is 16.7. The van der Waals surface area contributed by atoms with E-state index in [0.29, 0.717) is 32.7 Å². The van der Waals surface area contributed by atoms with Gasteiger partial charge in [0.05, 0.1) is 26.4 Å². The molecule has 1 rings (SSSR count). The van der Waals surface area contributed by atoms with Gasteiger partial charge in [-0.25, -0.2) is 0 Å². The van der Waals surface area contributed by atoms with E-state index in [2.05, 4.69) is 0 Å². The first-order valence-corrected chi connectivity index (χ1v) is 4.28. The van der Waals surface area contributed by atoms with Crippen LogP contribution in [0, 0.1) is 0 Å². The topological polar surface area (TPSA) is 40.2 Å². The van der Waals surface area contributed by atoms with Gasteiger partial charge < -0.3 is 18.9 Å². The van der Waals surface area contributed by atoms with Crippen LogP contribution in [0.25, 0.3) is 0 Å². The molecule has 1 saturated heterocycles. The van der Waals surface area contributed by atoms with E-state index in [4.69, 9.17) is 18.9 Å². The first kappa shape index (κ1) is 9.92. The minimum Gasteiger partial charge on any atom is -0.379 e. The van der Waals surface area contributed by atoms with Gasteiger partial charge in [-0.2, -0.15) is 0 Å². The fourth-order valence-corrected chi connectivity index (χ4v) is 0.724. The number of epoxide rings is 1. The fourth-order valence-electron chi connectivity index (χ4n) is 0.724. The average Bonchev–Trinajstić information content (AvgIpc) is 2.87. The van der Waals surface area contributed by atoms with Crippen LogP contribution in [0.2, 0.25) is 0 Å². The molecular formula is C8H16O4. The Hall–Kier alpha value is -0.160. The summed E-state index contributed by atoms with van der Waals surface area (Å²) in [5.41, 5.74) is 0. The van der Waals surface area contributed by atoms with Crippen molar-refractivity contribution in [1.82, 2.24) is 0 Å². The molecule has 1 aliphatic heterocycles. The monoisotopic (exact) mass is 176 g/mol. The van der Waals surface area contributed by atoms with Crippen LogP contribution in [0.3, 0.4) is 0 Å². The highest BCUT2D eigenvalue weighted by Gasteiger charge is 2.21. The van der Waals surface area contributed by atoms with Crippen molar-refractivity contribution in [2.45, 2.75) is 13.0 Å². The van der Waals surface area contributed by atoms with Crippen LogP contribution < -0.4 is 0 Å². The molecule has 0 aliphatic carbocycles. The third kappa shape index (κ3) is 5.49. The number of ether oxygens (including phenoxy) is 4.